The predicted molar refractivity (Wildman–Crippen MR) is 109 cm³/mol. The Labute approximate surface area is 168 Å². The summed E-state index contributed by atoms with van der Waals surface area (Å²) >= 11 is 5.92. The summed E-state index contributed by atoms with van der Waals surface area (Å²) in [6, 6.07) is 19.6. The van der Waals surface area contributed by atoms with Crippen LogP contribution in [0.3, 0.4) is 0 Å². The molecule has 0 saturated carbocycles. The maximum atomic E-state index is 13.1. The Bertz CT molecular complexity index is 1030. The minimum atomic E-state index is -3.93. The molecule has 0 radical (unpaired) electrons. The predicted octanol–water partition coefficient (Wildman–Crippen LogP) is 3.25. The first-order valence-electron chi connectivity index (χ1n) is 8.47. The number of hydrogen-bond donors (Lipinski definition) is 1. The molecule has 28 heavy (non-hydrogen) atoms. The Morgan fingerprint density at radius 1 is 0.964 bits per heavy atom. The van der Waals surface area contributed by atoms with Gasteiger partial charge >= 0.3 is 0 Å². The molecule has 0 aliphatic heterocycles. The second kappa shape index (κ2) is 8.86. The van der Waals surface area contributed by atoms with Gasteiger partial charge in [-0.2, -0.15) is 0 Å². The molecule has 2 aromatic carbocycles. The van der Waals surface area contributed by atoms with Gasteiger partial charge in [-0.3, -0.25) is 14.1 Å². The third kappa shape index (κ3) is 4.88. The van der Waals surface area contributed by atoms with Crippen LogP contribution in [0.1, 0.15) is 5.69 Å². The van der Waals surface area contributed by atoms with E-state index in [4.69, 9.17) is 11.6 Å². The van der Waals surface area contributed by atoms with Gasteiger partial charge in [-0.25, -0.2) is 8.42 Å². The molecule has 144 valence electrons. The van der Waals surface area contributed by atoms with E-state index < -0.39 is 15.9 Å². The van der Waals surface area contributed by atoms with Crippen molar-refractivity contribution in [3.8, 4) is 0 Å². The molecule has 3 aromatic rings. The SMILES string of the molecule is O=C(CN(c1ccc(Cl)cc1)S(=O)(=O)c1ccccc1)NCc1ccccn1. The number of rotatable bonds is 7. The van der Waals surface area contributed by atoms with Crippen LogP contribution < -0.4 is 9.62 Å². The summed E-state index contributed by atoms with van der Waals surface area (Å²) < 4.78 is 27.3. The average Bonchev–Trinajstić information content (AvgIpc) is 2.72. The number of pyridine rings is 1. The first kappa shape index (κ1) is 19.9. The number of aromatic nitrogens is 1. The van der Waals surface area contributed by atoms with Crippen LogP contribution in [0.5, 0.6) is 0 Å². The molecule has 3 rings (SSSR count). The molecule has 0 fully saturated rings. The molecule has 1 aromatic heterocycles. The monoisotopic (exact) mass is 415 g/mol. The fourth-order valence-electron chi connectivity index (χ4n) is 2.52. The van der Waals surface area contributed by atoms with E-state index in [1.54, 1.807) is 60.8 Å². The molecule has 6 nitrogen and oxygen atoms in total. The molecular weight excluding hydrogens is 398 g/mol. The molecule has 8 heteroatoms. The van der Waals surface area contributed by atoms with Crippen LogP contribution in [0.25, 0.3) is 0 Å². The third-order valence-electron chi connectivity index (χ3n) is 3.93. The highest BCUT2D eigenvalue weighted by atomic mass is 35.5. The van der Waals surface area contributed by atoms with Gasteiger partial charge in [0.05, 0.1) is 22.8 Å². The molecule has 1 heterocycles. The van der Waals surface area contributed by atoms with Gasteiger partial charge in [0.15, 0.2) is 0 Å². The first-order valence-corrected chi connectivity index (χ1v) is 10.3. The highest BCUT2D eigenvalue weighted by molar-refractivity contribution is 7.92. The smallest absolute Gasteiger partial charge is 0.264 e. The zero-order valence-corrected chi connectivity index (χ0v) is 16.4. The van der Waals surface area contributed by atoms with Gasteiger partial charge in [0.25, 0.3) is 10.0 Å². The van der Waals surface area contributed by atoms with E-state index in [0.29, 0.717) is 16.4 Å². The van der Waals surface area contributed by atoms with E-state index in [1.165, 1.54) is 12.1 Å². The first-order chi connectivity index (χ1) is 13.5. The second-order valence-electron chi connectivity index (χ2n) is 5.90. The Balaban J connectivity index is 1.84. The summed E-state index contributed by atoms with van der Waals surface area (Å²) in [6.45, 7) is -0.161. The van der Waals surface area contributed by atoms with Gasteiger partial charge < -0.3 is 5.32 Å². The zero-order valence-electron chi connectivity index (χ0n) is 14.8. The van der Waals surface area contributed by atoms with Crippen molar-refractivity contribution in [3.05, 3.63) is 89.7 Å². The molecule has 0 bridgehead atoms. The number of hydrogen-bond acceptors (Lipinski definition) is 4. The number of halogens is 1. The number of carbonyl (C=O) groups excluding carboxylic acids is 1. The Kier molecular flexibility index (Phi) is 6.28. The van der Waals surface area contributed by atoms with Crippen LogP contribution in [0.4, 0.5) is 5.69 Å². The summed E-state index contributed by atoms with van der Waals surface area (Å²) in [5.41, 5.74) is 1.03. The molecule has 0 saturated heterocycles. The number of amides is 1. The minimum Gasteiger partial charge on any atom is -0.349 e. The number of sulfonamides is 1. The highest BCUT2D eigenvalue weighted by Gasteiger charge is 2.27. The number of benzene rings is 2. The van der Waals surface area contributed by atoms with E-state index >= 15 is 0 Å². The standard InChI is InChI=1S/C20H18ClN3O3S/c21-16-9-11-18(12-10-16)24(28(26,27)19-7-2-1-3-8-19)15-20(25)23-14-17-6-4-5-13-22-17/h1-13H,14-15H2,(H,23,25). The van der Waals surface area contributed by atoms with Crippen molar-refractivity contribution in [1.29, 1.82) is 0 Å². The maximum absolute atomic E-state index is 13.1. The Morgan fingerprint density at radius 2 is 1.64 bits per heavy atom. The van der Waals surface area contributed by atoms with Crippen LogP contribution in [0.15, 0.2) is 83.9 Å². The van der Waals surface area contributed by atoms with Crippen molar-refractivity contribution >= 4 is 33.2 Å². The fourth-order valence-corrected chi connectivity index (χ4v) is 4.09. The summed E-state index contributed by atoms with van der Waals surface area (Å²) in [6.07, 6.45) is 1.63. The fraction of sp³-hybridized carbons (Fsp3) is 0.100. The van der Waals surface area contributed by atoms with Crippen molar-refractivity contribution in [1.82, 2.24) is 10.3 Å². The van der Waals surface area contributed by atoms with Crippen molar-refractivity contribution in [2.24, 2.45) is 0 Å². The maximum Gasteiger partial charge on any atom is 0.264 e. The zero-order chi connectivity index (χ0) is 20.0. The normalized spacial score (nSPS) is 11.0. The lowest BCUT2D eigenvalue weighted by Gasteiger charge is -2.24. The second-order valence-corrected chi connectivity index (χ2v) is 8.20. The summed E-state index contributed by atoms with van der Waals surface area (Å²) in [5.74, 6) is -0.444. The molecule has 1 amide bonds. The molecule has 0 aliphatic rings. The van der Waals surface area contributed by atoms with E-state index in [2.05, 4.69) is 10.3 Å². The van der Waals surface area contributed by atoms with Crippen molar-refractivity contribution in [2.45, 2.75) is 11.4 Å². The van der Waals surface area contributed by atoms with Gasteiger partial charge in [-0.05, 0) is 48.5 Å². The average molecular weight is 416 g/mol. The van der Waals surface area contributed by atoms with Gasteiger partial charge in [-0.1, -0.05) is 35.9 Å². The van der Waals surface area contributed by atoms with Crippen molar-refractivity contribution in [2.75, 3.05) is 10.8 Å². The van der Waals surface area contributed by atoms with E-state index in [1.807, 2.05) is 6.07 Å². The van der Waals surface area contributed by atoms with Gasteiger partial charge in [-0.15, -0.1) is 0 Å². The Morgan fingerprint density at radius 3 is 2.29 bits per heavy atom. The van der Waals surface area contributed by atoms with Gasteiger partial charge in [0.1, 0.15) is 6.54 Å². The number of anilines is 1. The summed E-state index contributed by atoms with van der Waals surface area (Å²) in [7, 11) is -3.93. The quantitative estimate of drug-likeness (QED) is 0.642. The van der Waals surface area contributed by atoms with E-state index in [-0.39, 0.29) is 18.0 Å². The van der Waals surface area contributed by atoms with Crippen LogP contribution in [0.2, 0.25) is 5.02 Å². The van der Waals surface area contributed by atoms with Gasteiger partial charge in [0.2, 0.25) is 5.91 Å². The molecule has 1 N–H and O–H groups in total. The lowest BCUT2D eigenvalue weighted by Crippen LogP contribution is -2.40. The van der Waals surface area contributed by atoms with E-state index in [9.17, 15) is 13.2 Å². The van der Waals surface area contributed by atoms with Crippen molar-refractivity contribution < 1.29 is 13.2 Å². The van der Waals surface area contributed by atoms with Crippen LogP contribution in [-0.4, -0.2) is 25.9 Å². The molecular formula is C20H18ClN3O3S. The summed E-state index contributed by atoms with van der Waals surface area (Å²) in [5, 5.41) is 3.17. The number of carbonyl (C=O) groups is 1. The highest BCUT2D eigenvalue weighted by Crippen LogP contribution is 2.25. The van der Waals surface area contributed by atoms with Crippen molar-refractivity contribution in [3.63, 3.8) is 0 Å². The van der Waals surface area contributed by atoms with Crippen LogP contribution in [0, 0.1) is 0 Å². The molecule has 0 unspecified atom stereocenters. The molecule has 0 spiro atoms. The lowest BCUT2D eigenvalue weighted by atomic mass is 10.3. The lowest BCUT2D eigenvalue weighted by molar-refractivity contribution is -0.119. The number of nitrogens with one attached hydrogen (secondary N) is 1. The largest absolute Gasteiger partial charge is 0.349 e. The van der Waals surface area contributed by atoms with Crippen LogP contribution >= 0.6 is 11.6 Å². The molecule has 0 atom stereocenters. The van der Waals surface area contributed by atoms with Crippen LogP contribution in [-0.2, 0) is 21.4 Å². The molecule has 0 aliphatic carbocycles. The minimum absolute atomic E-state index is 0.0995. The topological polar surface area (TPSA) is 79.4 Å². The Hall–Kier alpha value is -2.90. The van der Waals surface area contributed by atoms with Gasteiger partial charge in [0, 0.05) is 11.2 Å². The summed E-state index contributed by atoms with van der Waals surface area (Å²) in [4.78, 5) is 16.7. The number of nitrogens with zero attached hydrogens (tertiary/aromatic N) is 2. The van der Waals surface area contributed by atoms with E-state index in [0.717, 1.165) is 4.31 Å². The third-order valence-corrected chi connectivity index (χ3v) is 5.97.